The van der Waals surface area contributed by atoms with Crippen molar-refractivity contribution < 1.29 is 0 Å². The first-order chi connectivity index (χ1) is 6.72. The molecule has 0 N–H and O–H groups in total. The molecule has 1 aromatic rings. The van der Waals surface area contributed by atoms with Gasteiger partial charge in [0, 0.05) is 4.47 Å². The zero-order valence-electron chi connectivity index (χ0n) is 9.68. The topological polar surface area (TPSA) is 0 Å². The average Bonchev–Trinajstić information content (AvgIpc) is 2.21. The molecule has 0 radical (unpaired) electrons. The van der Waals surface area contributed by atoms with Crippen molar-refractivity contribution in [2.45, 2.75) is 40.5 Å². The molecule has 1 unspecified atom stereocenters. The van der Waals surface area contributed by atoms with Crippen molar-refractivity contribution >= 4 is 15.9 Å². The summed E-state index contributed by atoms with van der Waals surface area (Å²) in [6.07, 6.45) is 2.45. The molecule has 0 aliphatic rings. The zero-order chi connectivity index (χ0) is 11.0. The van der Waals surface area contributed by atoms with Crippen molar-refractivity contribution in [1.82, 2.24) is 0 Å². The van der Waals surface area contributed by atoms with Crippen LogP contribution in [-0.2, 0) is 6.42 Å². The minimum Gasteiger partial charge on any atom is -0.0683 e. The van der Waals surface area contributed by atoms with Gasteiger partial charge in [0.25, 0.3) is 0 Å². The standard InChI is InChI=1S/C11H15Br.C2H6/c1-3-9(2)7-10-5-4-6-11(12)8-10;1-2/h4-6,8-9H,3,7H2,1-2H3;1-2H3. The highest BCUT2D eigenvalue weighted by molar-refractivity contribution is 9.10. The van der Waals surface area contributed by atoms with Crippen molar-refractivity contribution in [3.63, 3.8) is 0 Å². The van der Waals surface area contributed by atoms with Gasteiger partial charge in [0.15, 0.2) is 0 Å². The molecule has 0 bridgehead atoms. The molecule has 0 aliphatic heterocycles. The number of halogens is 1. The second kappa shape index (κ2) is 8.05. The van der Waals surface area contributed by atoms with Crippen LogP contribution in [0.4, 0.5) is 0 Å². The summed E-state index contributed by atoms with van der Waals surface area (Å²) in [5, 5.41) is 0. The fourth-order valence-electron chi connectivity index (χ4n) is 1.21. The van der Waals surface area contributed by atoms with Gasteiger partial charge in [-0.3, -0.25) is 0 Å². The fourth-order valence-corrected chi connectivity index (χ4v) is 1.66. The lowest BCUT2D eigenvalue weighted by molar-refractivity contribution is 0.560. The first-order valence-corrected chi connectivity index (χ1v) is 6.26. The molecule has 1 rings (SSSR count). The molecule has 0 spiro atoms. The first kappa shape index (κ1) is 13.7. The van der Waals surface area contributed by atoms with Crippen molar-refractivity contribution in [1.29, 1.82) is 0 Å². The number of hydrogen-bond donors (Lipinski definition) is 0. The van der Waals surface area contributed by atoms with E-state index in [1.807, 2.05) is 13.8 Å². The molecule has 0 heterocycles. The Morgan fingerprint density at radius 2 is 1.93 bits per heavy atom. The normalized spacial score (nSPS) is 11.5. The van der Waals surface area contributed by atoms with E-state index in [1.54, 1.807) is 0 Å². The Balaban J connectivity index is 0.000000791. The molecule has 0 nitrogen and oxygen atoms in total. The van der Waals surface area contributed by atoms with Gasteiger partial charge in [0.05, 0.1) is 0 Å². The van der Waals surface area contributed by atoms with Crippen molar-refractivity contribution in [2.75, 3.05) is 0 Å². The van der Waals surface area contributed by atoms with Crippen LogP contribution in [-0.4, -0.2) is 0 Å². The SMILES string of the molecule is CC.CCC(C)Cc1cccc(Br)c1. The maximum atomic E-state index is 3.47. The minimum absolute atomic E-state index is 0.791. The molecule has 0 fully saturated rings. The first-order valence-electron chi connectivity index (χ1n) is 5.46. The summed E-state index contributed by atoms with van der Waals surface area (Å²) >= 11 is 3.47. The van der Waals surface area contributed by atoms with E-state index >= 15 is 0 Å². The highest BCUT2D eigenvalue weighted by atomic mass is 79.9. The third-order valence-corrected chi connectivity index (χ3v) is 2.66. The van der Waals surface area contributed by atoms with Gasteiger partial charge in [0.1, 0.15) is 0 Å². The van der Waals surface area contributed by atoms with Crippen LogP contribution in [0.3, 0.4) is 0 Å². The summed E-state index contributed by atoms with van der Waals surface area (Å²) in [6.45, 7) is 8.53. The van der Waals surface area contributed by atoms with Crippen LogP contribution in [0.1, 0.15) is 39.7 Å². The van der Waals surface area contributed by atoms with Gasteiger partial charge in [-0.15, -0.1) is 0 Å². The van der Waals surface area contributed by atoms with Crippen molar-refractivity contribution in [3.8, 4) is 0 Å². The largest absolute Gasteiger partial charge is 0.0683 e. The second-order valence-corrected chi connectivity index (χ2v) is 4.26. The number of rotatable bonds is 3. The van der Waals surface area contributed by atoms with Gasteiger partial charge < -0.3 is 0 Å². The molecule has 0 saturated heterocycles. The van der Waals surface area contributed by atoms with Gasteiger partial charge in [-0.1, -0.05) is 62.2 Å². The van der Waals surface area contributed by atoms with Gasteiger partial charge in [-0.05, 0) is 30.0 Å². The molecule has 0 aliphatic carbocycles. The van der Waals surface area contributed by atoms with Gasteiger partial charge >= 0.3 is 0 Å². The summed E-state index contributed by atoms with van der Waals surface area (Å²) in [4.78, 5) is 0. The Bertz CT molecular complexity index is 243. The third-order valence-electron chi connectivity index (χ3n) is 2.17. The van der Waals surface area contributed by atoms with E-state index in [0.29, 0.717) is 0 Å². The maximum Gasteiger partial charge on any atom is 0.0177 e. The minimum atomic E-state index is 0.791. The lowest BCUT2D eigenvalue weighted by atomic mass is 9.99. The summed E-state index contributed by atoms with van der Waals surface area (Å²) in [7, 11) is 0. The van der Waals surface area contributed by atoms with Crippen LogP contribution >= 0.6 is 15.9 Å². The molecular formula is C13H21Br. The second-order valence-electron chi connectivity index (χ2n) is 3.35. The molecule has 1 aromatic carbocycles. The van der Waals surface area contributed by atoms with E-state index in [4.69, 9.17) is 0 Å². The molecule has 1 atom stereocenters. The number of hydrogen-bond acceptors (Lipinski definition) is 0. The smallest absolute Gasteiger partial charge is 0.0177 e. The van der Waals surface area contributed by atoms with Crippen LogP contribution in [0.15, 0.2) is 28.7 Å². The monoisotopic (exact) mass is 256 g/mol. The third kappa shape index (κ3) is 5.43. The van der Waals surface area contributed by atoms with Crippen LogP contribution < -0.4 is 0 Å². The van der Waals surface area contributed by atoms with E-state index in [1.165, 1.54) is 22.9 Å². The summed E-state index contributed by atoms with van der Waals surface area (Å²) in [5.74, 6) is 0.791. The van der Waals surface area contributed by atoms with Crippen molar-refractivity contribution in [2.24, 2.45) is 5.92 Å². The highest BCUT2D eigenvalue weighted by Crippen LogP contribution is 2.16. The predicted octanol–water partition coefficient (Wildman–Crippen LogP) is 5.06. The Morgan fingerprint density at radius 1 is 1.29 bits per heavy atom. The zero-order valence-corrected chi connectivity index (χ0v) is 11.3. The Kier molecular flexibility index (Phi) is 7.87. The highest BCUT2D eigenvalue weighted by Gasteiger charge is 2.00. The average molecular weight is 257 g/mol. The van der Waals surface area contributed by atoms with Gasteiger partial charge in [-0.2, -0.15) is 0 Å². The van der Waals surface area contributed by atoms with Crippen LogP contribution in [0.25, 0.3) is 0 Å². The van der Waals surface area contributed by atoms with Crippen LogP contribution in [0.2, 0.25) is 0 Å². The molecule has 14 heavy (non-hydrogen) atoms. The van der Waals surface area contributed by atoms with E-state index < -0.39 is 0 Å². The van der Waals surface area contributed by atoms with Crippen LogP contribution in [0, 0.1) is 5.92 Å². The van der Waals surface area contributed by atoms with E-state index in [9.17, 15) is 0 Å². The quantitative estimate of drug-likeness (QED) is 0.709. The lowest BCUT2D eigenvalue weighted by Gasteiger charge is -2.07. The van der Waals surface area contributed by atoms with E-state index in [-0.39, 0.29) is 0 Å². The lowest BCUT2D eigenvalue weighted by Crippen LogP contribution is -1.97. The molecule has 0 amide bonds. The van der Waals surface area contributed by atoms with E-state index in [0.717, 1.165) is 5.92 Å². The van der Waals surface area contributed by atoms with Crippen molar-refractivity contribution in [3.05, 3.63) is 34.3 Å². The fraction of sp³-hybridized carbons (Fsp3) is 0.538. The molecule has 80 valence electrons. The molecule has 0 aromatic heterocycles. The number of benzene rings is 1. The molecule has 1 heteroatoms. The van der Waals surface area contributed by atoms with E-state index in [2.05, 4.69) is 54.0 Å². The Hall–Kier alpha value is -0.300. The Labute approximate surface area is 96.9 Å². The predicted molar refractivity (Wildman–Crippen MR) is 68.6 cm³/mol. The summed E-state index contributed by atoms with van der Waals surface area (Å²) in [5.41, 5.74) is 1.43. The van der Waals surface area contributed by atoms with Gasteiger partial charge in [-0.25, -0.2) is 0 Å². The maximum absolute atomic E-state index is 3.47. The Morgan fingerprint density at radius 3 is 2.43 bits per heavy atom. The summed E-state index contributed by atoms with van der Waals surface area (Å²) in [6, 6.07) is 8.56. The molecular weight excluding hydrogens is 236 g/mol. The summed E-state index contributed by atoms with van der Waals surface area (Å²) < 4.78 is 1.18. The van der Waals surface area contributed by atoms with Crippen LogP contribution in [0.5, 0.6) is 0 Å². The molecule has 0 saturated carbocycles. The van der Waals surface area contributed by atoms with Gasteiger partial charge in [0.2, 0.25) is 0 Å².